The Morgan fingerprint density at radius 3 is 2.40 bits per heavy atom. The van der Waals surface area contributed by atoms with E-state index in [-0.39, 0.29) is 6.10 Å². The van der Waals surface area contributed by atoms with Crippen molar-refractivity contribution >= 4 is 5.96 Å². The standard InChI is InChI=1S/C20H28N4O/c1-5-17-8-6-7-9-18(17)14-24-20(21-4)23-13-16-10-11-19(22-12-16)25-15(2)3/h6-12,15H,5,13-14H2,1-4H3,(H2,21,23,24). The van der Waals surface area contributed by atoms with Crippen LogP contribution in [-0.4, -0.2) is 24.1 Å². The first-order chi connectivity index (χ1) is 12.1. The Kier molecular flexibility index (Phi) is 7.26. The van der Waals surface area contributed by atoms with Crippen molar-refractivity contribution in [3.05, 3.63) is 59.3 Å². The Morgan fingerprint density at radius 2 is 1.80 bits per heavy atom. The molecule has 5 nitrogen and oxygen atoms in total. The van der Waals surface area contributed by atoms with Gasteiger partial charge in [0.05, 0.1) is 6.10 Å². The molecule has 0 aliphatic carbocycles. The number of aryl methyl sites for hydroxylation is 1. The zero-order valence-electron chi connectivity index (χ0n) is 15.5. The summed E-state index contributed by atoms with van der Waals surface area (Å²) in [5, 5.41) is 6.67. The lowest BCUT2D eigenvalue weighted by Crippen LogP contribution is -2.36. The van der Waals surface area contributed by atoms with E-state index in [1.165, 1.54) is 11.1 Å². The average molecular weight is 340 g/mol. The fraction of sp³-hybridized carbons (Fsp3) is 0.400. The third-order valence-electron chi connectivity index (χ3n) is 3.78. The summed E-state index contributed by atoms with van der Waals surface area (Å²) < 4.78 is 5.56. The van der Waals surface area contributed by atoms with E-state index in [0.717, 1.165) is 24.5 Å². The van der Waals surface area contributed by atoms with Crippen molar-refractivity contribution in [2.24, 2.45) is 4.99 Å². The van der Waals surface area contributed by atoms with Crippen molar-refractivity contribution in [1.29, 1.82) is 0 Å². The second-order valence-electron chi connectivity index (χ2n) is 6.07. The van der Waals surface area contributed by atoms with E-state index in [9.17, 15) is 0 Å². The monoisotopic (exact) mass is 340 g/mol. The van der Waals surface area contributed by atoms with Crippen LogP contribution in [0, 0.1) is 0 Å². The van der Waals surface area contributed by atoms with E-state index in [1.807, 2.05) is 32.2 Å². The molecule has 0 atom stereocenters. The van der Waals surface area contributed by atoms with Crippen LogP contribution < -0.4 is 15.4 Å². The largest absolute Gasteiger partial charge is 0.475 e. The quantitative estimate of drug-likeness (QED) is 0.600. The lowest BCUT2D eigenvalue weighted by molar-refractivity contribution is 0.232. The van der Waals surface area contributed by atoms with Gasteiger partial charge in [-0.1, -0.05) is 37.3 Å². The Hall–Kier alpha value is -2.56. The van der Waals surface area contributed by atoms with Gasteiger partial charge in [-0.25, -0.2) is 4.98 Å². The molecule has 0 spiro atoms. The maximum atomic E-state index is 5.56. The third-order valence-corrected chi connectivity index (χ3v) is 3.78. The van der Waals surface area contributed by atoms with Crippen LogP contribution in [-0.2, 0) is 19.5 Å². The van der Waals surface area contributed by atoms with E-state index >= 15 is 0 Å². The maximum Gasteiger partial charge on any atom is 0.213 e. The van der Waals surface area contributed by atoms with E-state index in [2.05, 4.69) is 51.8 Å². The molecule has 0 bridgehead atoms. The first-order valence-electron chi connectivity index (χ1n) is 8.75. The number of aliphatic imine (C=N–C) groups is 1. The van der Waals surface area contributed by atoms with Crippen molar-refractivity contribution in [2.45, 2.75) is 46.4 Å². The topological polar surface area (TPSA) is 58.5 Å². The second kappa shape index (κ2) is 9.67. The van der Waals surface area contributed by atoms with Crippen LogP contribution in [0.3, 0.4) is 0 Å². The Balaban J connectivity index is 1.86. The molecule has 0 unspecified atom stereocenters. The zero-order chi connectivity index (χ0) is 18.1. The summed E-state index contributed by atoms with van der Waals surface area (Å²) in [7, 11) is 1.78. The van der Waals surface area contributed by atoms with Gasteiger partial charge in [-0.2, -0.15) is 0 Å². The van der Waals surface area contributed by atoms with Crippen LogP contribution in [0.1, 0.15) is 37.5 Å². The summed E-state index contributed by atoms with van der Waals surface area (Å²) in [6.07, 6.45) is 2.98. The summed E-state index contributed by atoms with van der Waals surface area (Å²) in [5.74, 6) is 1.42. The van der Waals surface area contributed by atoms with E-state index < -0.39 is 0 Å². The highest BCUT2D eigenvalue weighted by atomic mass is 16.5. The number of pyridine rings is 1. The third kappa shape index (κ3) is 6.10. The molecule has 1 aromatic heterocycles. The number of aromatic nitrogens is 1. The molecule has 2 rings (SSSR count). The average Bonchev–Trinajstić information content (AvgIpc) is 2.63. The summed E-state index contributed by atoms with van der Waals surface area (Å²) in [6.45, 7) is 7.56. The van der Waals surface area contributed by atoms with Crippen molar-refractivity contribution in [1.82, 2.24) is 15.6 Å². The highest BCUT2D eigenvalue weighted by Gasteiger charge is 2.03. The molecule has 1 aromatic carbocycles. The van der Waals surface area contributed by atoms with Gasteiger partial charge in [0.25, 0.3) is 0 Å². The summed E-state index contributed by atoms with van der Waals surface area (Å²) in [5.41, 5.74) is 3.73. The molecular weight excluding hydrogens is 312 g/mol. The molecule has 0 saturated heterocycles. The molecule has 25 heavy (non-hydrogen) atoms. The predicted octanol–water partition coefficient (Wildman–Crippen LogP) is 3.30. The minimum Gasteiger partial charge on any atom is -0.475 e. The van der Waals surface area contributed by atoms with Crippen molar-refractivity contribution in [3.8, 4) is 5.88 Å². The molecule has 1 heterocycles. The molecule has 134 valence electrons. The van der Waals surface area contributed by atoms with Crippen molar-refractivity contribution in [3.63, 3.8) is 0 Å². The number of nitrogens with zero attached hydrogens (tertiary/aromatic N) is 2. The molecule has 0 saturated carbocycles. The first kappa shape index (κ1) is 18.8. The first-order valence-corrected chi connectivity index (χ1v) is 8.75. The number of ether oxygens (including phenoxy) is 1. The van der Waals surface area contributed by atoms with Crippen molar-refractivity contribution < 1.29 is 4.74 Å². The fourth-order valence-corrected chi connectivity index (χ4v) is 2.49. The predicted molar refractivity (Wildman–Crippen MR) is 103 cm³/mol. The van der Waals surface area contributed by atoms with Crippen LogP contribution >= 0.6 is 0 Å². The highest BCUT2D eigenvalue weighted by Crippen LogP contribution is 2.10. The van der Waals surface area contributed by atoms with Gasteiger partial charge < -0.3 is 15.4 Å². The number of rotatable bonds is 7. The van der Waals surface area contributed by atoms with Gasteiger partial charge in [0.15, 0.2) is 5.96 Å². The van der Waals surface area contributed by atoms with Gasteiger partial charge in [0.2, 0.25) is 5.88 Å². The minimum atomic E-state index is 0.130. The van der Waals surface area contributed by atoms with E-state index in [4.69, 9.17) is 4.74 Å². The van der Waals surface area contributed by atoms with Crippen LogP contribution in [0.15, 0.2) is 47.6 Å². The van der Waals surface area contributed by atoms with Crippen LogP contribution in [0.5, 0.6) is 5.88 Å². The number of benzene rings is 1. The Bertz CT molecular complexity index is 680. The number of nitrogens with one attached hydrogen (secondary N) is 2. The maximum absolute atomic E-state index is 5.56. The van der Waals surface area contributed by atoms with Crippen LogP contribution in [0.2, 0.25) is 0 Å². The van der Waals surface area contributed by atoms with Gasteiger partial charge in [0.1, 0.15) is 0 Å². The molecule has 2 aromatic rings. The number of guanidine groups is 1. The van der Waals surface area contributed by atoms with Gasteiger partial charge in [-0.3, -0.25) is 4.99 Å². The highest BCUT2D eigenvalue weighted by molar-refractivity contribution is 5.79. The van der Waals surface area contributed by atoms with E-state index in [1.54, 1.807) is 7.05 Å². The van der Waals surface area contributed by atoms with Gasteiger partial charge in [-0.05, 0) is 37.0 Å². The second-order valence-corrected chi connectivity index (χ2v) is 6.07. The summed E-state index contributed by atoms with van der Waals surface area (Å²) >= 11 is 0. The fourth-order valence-electron chi connectivity index (χ4n) is 2.49. The lowest BCUT2D eigenvalue weighted by atomic mass is 10.1. The van der Waals surface area contributed by atoms with Crippen molar-refractivity contribution in [2.75, 3.05) is 7.05 Å². The van der Waals surface area contributed by atoms with Crippen LogP contribution in [0.4, 0.5) is 0 Å². The van der Waals surface area contributed by atoms with E-state index in [0.29, 0.717) is 12.4 Å². The molecule has 5 heteroatoms. The zero-order valence-corrected chi connectivity index (χ0v) is 15.5. The number of hydrogen-bond acceptors (Lipinski definition) is 3. The summed E-state index contributed by atoms with van der Waals surface area (Å²) in [4.78, 5) is 8.60. The molecule has 0 aliphatic heterocycles. The summed E-state index contributed by atoms with van der Waals surface area (Å²) in [6, 6.07) is 12.4. The molecule has 0 fully saturated rings. The van der Waals surface area contributed by atoms with Gasteiger partial charge >= 0.3 is 0 Å². The van der Waals surface area contributed by atoms with Gasteiger partial charge in [-0.15, -0.1) is 0 Å². The Labute approximate surface area is 150 Å². The SMILES string of the molecule is CCc1ccccc1CNC(=NC)NCc1ccc(OC(C)C)nc1. The minimum absolute atomic E-state index is 0.130. The Morgan fingerprint density at radius 1 is 1.08 bits per heavy atom. The molecule has 2 N–H and O–H groups in total. The van der Waals surface area contributed by atoms with Gasteiger partial charge in [0, 0.05) is 32.4 Å². The van der Waals surface area contributed by atoms with Crippen LogP contribution in [0.25, 0.3) is 0 Å². The number of hydrogen-bond donors (Lipinski definition) is 2. The molecule has 0 aliphatic rings. The molecule has 0 amide bonds. The molecular formula is C20H28N4O. The molecule has 0 radical (unpaired) electrons. The smallest absolute Gasteiger partial charge is 0.213 e. The lowest BCUT2D eigenvalue weighted by Gasteiger charge is -2.14. The normalized spacial score (nSPS) is 11.5.